The Morgan fingerprint density at radius 1 is 1.17 bits per heavy atom. The van der Waals surface area contributed by atoms with Gasteiger partial charge in [0.2, 0.25) is 11.8 Å². The third kappa shape index (κ3) is 5.81. The number of carbonyl (C=O) groups excluding carboxylic acids is 2. The topological polar surface area (TPSA) is 87.5 Å². The van der Waals surface area contributed by atoms with Crippen molar-refractivity contribution >= 4 is 11.8 Å². The number of aromatic nitrogens is 1. The number of carbonyl (C=O) groups is 2. The number of nitrogens with one attached hydrogen (secondary N) is 2. The fraction of sp³-hybridized carbons (Fsp3) is 0.773. The number of likely N-dealkylation sites (tertiary alicyclic amines) is 1. The molecule has 1 aliphatic heterocycles. The fourth-order valence-electron chi connectivity index (χ4n) is 4.80. The van der Waals surface area contributed by atoms with Crippen molar-refractivity contribution in [1.82, 2.24) is 20.7 Å². The number of aryl methyl sites for hydroxylation is 2. The molecule has 1 aromatic rings. The maximum Gasteiger partial charge on any atom is 0.223 e. The Hall–Kier alpha value is -1.89. The Kier molecular flexibility index (Phi) is 7.70. The molecule has 0 radical (unpaired) electrons. The monoisotopic (exact) mass is 404 g/mol. The van der Waals surface area contributed by atoms with Gasteiger partial charge in [-0.25, -0.2) is 0 Å². The first kappa shape index (κ1) is 21.8. The molecule has 2 fully saturated rings. The van der Waals surface area contributed by atoms with Crippen LogP contribution in [0.2, 0.25) is 0 Å². The second kappa shape index (κ2) is 10.2. The molecule has 1 atom stereocenters. The first-order chi connectivity index (χ1) is 14.0. The highest BCUT2D eigenvalue weighted by molar-refractivity contribution is 5.79. The van der Waals surface area contributed by atoms with Crippen molar-refractivity contribution in [3.8, 4) is 0 Å². The van der Waals surface area contributed by atoms with Crippen LogP contribution in [0.4, 0.5) is 0 Å². The molecular weight excluding hydrogens is 368 g/mol. The second-order valence-electron chi connectivity index (χ2n) is 8.59. The van der Waals surface area contributed by atoms with Gasteiger partial charge in [0.1, 0.15) is 5.76 Å². The molecular formula is C22H36N4O3. The van der Waals surface area contributed by atoms with Gasteiger partial charge in [-0.1, -0.05) is 12.1 Å². The Labute approximate surface area is 174 Å². The van der Waals surface area contributed by atoms with Crippen LogP contribution in [0.3, 0.4) is 0 Å². The van der Waals surface area contributed by atoms with Crippen molar-refractivity contribution in [3.05, 3.63) is 17.0 Å². The number of amides is 2. The summed E-state index contributed by atoms with van der Waals surface area (Å²) in [5, 5.41) is 10.3. The van der Waals surface area contributed by atoms with Crippen LogP contribution in [0.5, 0.6) is 0 Å². The summed E-state index contributed by atoms with van der Waals surface area (Å²) in [6, 6.07) is 0.680. The van der Waals surface area contributed by atoms with Crippen LogP contribution < -0.4 is 10.6 Å². The van der Waals surface area contributed by atoms with E-state index in [2.05, 4.69) is 27.6 Å². The van der Waals surface area contributed by atoms with Gasteiger partial charge < -0.3 is 15.2 Å². The normalized spacial score (nSPS) is 25.1. The van der Waals surface area contributed by atoms with E-state index >= 15 is 0 Å². The van der Waals surface area contributed by atoms with Crippen molar-refractivity contribution in [2.75, 3.05) is 19.6 Å². The van der Waals surface area contributed by atoms with Crippen molar-refractivity contribution in [3.63, 3.8) is 0 Å². The maximum absolute atomic E-state index is 12.5. The van der Waals surface area contributed by atoms with Gasteiger partial charge in [-0.2, -0.15) is 0 Å². The highest BCUT2D eigenvalue weighted by atomic mass is 16.5. The van der Waals surface area contributed by atoms with Crippen LogP contribution in [-0.4, -0.2) is 53.6 Å². The molecule has 0 spiro atoms. The molecule has 1 aromatic heterocycles. The largest absolute Gasteiger partial charge is 0.361 e. The number of rotatable bonds is 8. The summed E-state index contributed by atoms with van der Waals surface area (Å²) in [4.78, 5) is 27.3. The zero-order valence-corrected chi connectivity index (χ0v) is 18.1. The van der Waals surface area contributed by atoms with Gasteiger partial charge in [0, 0.05) is 36.5 Å². The van der Waals surface area contributed by atoms with E-state index in [9.17, 15) is 9.59 Å². The number of hydrogen-bond donors (Lipinski definition) is 2. The summed E-state index contributed by atoms with van der Waals surface area (Å²) in [6.07, 6.45) is 6.96. The summed E-state index contributed by atoms with van der Waals surface area (Å²) < 4.78 is 5.15. The lowest BCUT2D eigenvalue weighted by atomic mass is 9.85. The summed E-state index contributed by atoms with van der Waals surface area (Å²) in [7, 11) is 0. The van der Waals surface area contributed by atoms with Gasteiger partial charge >= 0.3 is 0 Å². The standard InChI is InChI=1S/C22H36N4O3/c1-4-26-13-5-6-19(26)14-23-22(28)17-7-9-18(10-8-17)24-21(27)12-11-20-15(2)25-29-16(20)3/h17-19H,4-14H2,1-3H3,(H,23,28)(H,24,27)/t17?,18?,19-/m0/s1. The van der Waals surface area contributed by atoms with E-state index < -0.39 is 0 Å². The zero-order chi connectivity index (χ0) is 20.8. The molecule has 7 nitrogen and oxygen atoms in total. The van der Waals surface area contributed by atoms with Crippen LogP contribution >= 0.6 is 0 Å². The minimum absolute atomic E-state index is 0.0683. The highest BCUT2D eigenvalue weighted by Gasteiger charge is 2.29. The smallest absolute Gasteiger partial charge is 0.223 e. The molecule has 2 N–H and O–H groups in total. The molecule has 1 saturated carbocycles. The van der Waals surface area contributed by atoms with E-state index in [0.29, 0.717) is 18.9 Å². The Balaban J connectivity index is 1.34. The lowest BCUT2D eigenvalue weighted by Gasteiger charge is -2.29. The highest BCUT2D eigenvalue weighted by Crippen LogP contribution is 2.25. The zero-order valence-electron chi connectivity index (χ0n) is 18.1. The molecule has 0 aromatic carbocycles. The molecule has 3 rings (SSSR count). The van der Waals surface area contributed by atoms with Crippen LogP contribution in [-0.2, 0) is 16.0 Å². The molecule has 162 valence electrons. The molecule has 7 heteroatoms. The van der Waals surface area contributed by atoms with Crippen molar-refractivity contribution in [2.45, 2.75) is 84.2 Å². The Bertz CT molecular complexity index is 675. The molecule has 1 saturated heterocycles. The SMILES string of the molecule is CCN1CCC[C@H]1CNC(=O)C1CCC(NC(=O)CCc2c(C)noc2C)CC1. The molecule has 0 bridgehead atoms. The predicted octanol–water partition coefficient (Wildman–Crippen LogP) is 2.50. The minimum Gasteiger partial charge on any atom is -0.361 e. The lowest BCUT2D eigenvalue weighted by molar-refractivity contribution is -0.126. The quantitative estimate of drug-likeness (QED) is 0.695. The average Bonchev–Trinajstić information content (AvgIpc) is 3.31. The van der Waals surface area contributed by atoms with Crippen molar-refractivity contribution in [2.24, 2.45) is 5.92 Å². The second-order valence-corrected chi connectivity index (χ2v) is 8.59. The van der Waals surface area contributed by atoms with E-state index in [4.69, 9.17) is 4.52 Å². The summed E-state index contributed by atoms with van der Waals surface area (Å²) >= 11 is 0. The van der Waals surface area contributed by atoms with E-state index in [1.165, 1.54) is 12.8 Å². The number of hydrogen-bond acceptors (Lipinski definition) is 5. The minimum atomic E-state index is 0.0683. The van der Waals surface area contributed by atoms with Crippen LogP contribution in [0.1, 0.15) is 68.9 Å². The van der Waals surface area contributed by atoms with Crippen LogP contribution in [0.15, 0.2) is 4.52 Å². The van der Waals surface area contributed by atoms with Gasteiger partial charge in [-0.05, 0) is 71.9 Å². The molecule has 2 amide bonds. The van der Waals surface area contributed by atoms with Crippen molar-refractivity contribution < 1.29 is 14.1 Å². The number of nitrogens with zero attached hydrogens (tertiary/aromatic N) is 2. The van der Waals surface area contributed by atoms with E-state index in [0.717, 1.165) is 62.3 Å². The van der Waals surface area contributed by atoms with Crippen LogP contribution in [0, 0.1) is 19.8 Å². The first-order valence-electron chi connectivity index (χ1n) is 11.2. The van der Waals surface area contributed by atoms with Gasteiger partial charge in [-0.3, -0.25) is 14.5 Å². The molecule has 0 unspecified atom stereocenters. The summed E-state index contributed by atoms with van der Waals surface area (Å²) in [5.41, 5.74) is 1.89. The predicted molar refractivity (Wildman–Crippen MR) is 111 cm³/mol. The van der Waals surface area contributed by atoms with E-state index in [-0.39, 0.29) is 23.8 Å². The van der Waals surface area contributed by atoms with Gasteiger partial charge in [0.05, 0.1) is 5.69 Å². The third-order valence-electron chi connectivity index (χ3n) is 6.66. The van der Waals surface area contributed by atoms with Gasteiger partial charge in [0.25, 0.3) is 0 Å². The molecule has 1 aliphatic carbocycles. The molecule has 2 heterocycles. The van der Waals surface area contributed by atoms with Gasteiger partial charge in [-0.15, -0.1) is 0 Å². The lowest BCUT2D eigenvalue weighted by Crippen LogP contribution is -2.44. The summed E-state index contributed by atoms with van der Waals surface area (Å²) in [6.45, 7) is 8.95. The molecule has 29 heavy (non-hydrogen) atoms. The van der Waals surface area contributed by atoms with Crippen LogP contribution in [0.25, 0.3) is 0 Å². The molecule has 2 aliphatic rings. The van der Waals surface area contributed by atoms with E-state index in [1.54, 1.807) is 0 Å². The van der Waals surface area contributed by atoms with Gasteiger partial charge in [0.15, 0.2) is 0 Å². The third-order valence-corrected chi connectivity index (χ3v) is 6.66. The average molecular weight is 405 g/mol. The fourth-order valence-corrected chi connectivity index (χ4v) is 4.80. The number of likely N-dealkylation sites (N-methyl/N-ethyl adjacent to an activating group) is 1. The summed E-state index contributed by atoms with van der Waals surface area (Å²) in [5.74, 6) is 1.14. The first-order valence-corrected chi connectivity index (χ1v) is 11.2. The van der Waals surface area contributed by atoms with Crippen molar-refractivity contribution in [1.29, 1.82) is 0 Å². The Morgan fingerprint density at radius 3 is 2.59 bits per heavy atom. The maximum atomic E-state index is 12.5. The Morgan fingerprint density at radius 2 is 1.93 bits per heavy atom. The van der Waals surface area contributed by atoms with E-state index in [1.807, 2.05) is 13.8 Å².